The zero-order valence-corrected chi connectivity index (χ0v) is 18.0. The van der Waals surface area contributed by atoms with Crippen LogP contribution < -0.4 is 4.90 Å². The van der Waals surface area contributed by atoms with E-state index in [-0.39, 0.29) is 30.3 Å². The average Bonchev–Trinajstić information content (AvgIpc) is 3.15. The van der Waals surface area contributed by atoms with Crippen molar-refractivity contribution in [2.24, 2.45) is 0 Å². The number of nitrogens with zero attached hydrogens (tertiary/aromatic N) is 3. The lowest BCUT2D eigenvalue weighted by molar-refractivity contribution is -0.123. The fourth-order valence-electron chi connectivity index (χ4n) is 4.94. The van der Waals surface area contributed by atoms with Gasteiger partial charge in [0.2, 0.25) is 5.91 Å². The molecular formula is C27H27N3O2. The van der Waals surface area contributed by atoms with E-state index in [1.54, 1.807) is 0 Å². The van der Waals surface area contributed by atoms with Gasteiger partial charge in [0.05, 0.1) is 24.2 Å². The van der Waals surface area contributed by atoms with E-state index in [4.69, 9.17) is 0 Å². The van der Waals surface area contributed by atoms with Crippen molar-refractivity contribution in [3.63, 3.8) is 0 Å². The number of piperazine rings is 1. The van der Waals surface area contributed by atoms with Gasteiger partial charge in [-0.1, -0.05) is 78.9 Å². The van der Waals surface area contributed by atoms with E-state index in [1.807, 2.05) is 42.5 Å². The summed E-state index contributed by atoms with van der Waals surface area (Å²) < 4.78 is 0. The molecule has 0 radical (unpaired) electrons. The monoisotopic (exact) mass is 425 g/mol. The lowest BCUT2D eigenvalue weighted by atomic mass is 9.96. The molecule has 0 saturated carbocycles. The Morgan fingerprint density at radius 2 is 1.16 bits per heavy atom. The van der Waals surface area contributed by atoms with Crippen LogP contribution >= 0.6 is 0 Å². The Morgan fingerprint density at radius 3 is 1.69 bits per heavy atom. The number of anilines is 1. The number of rotatable bonds is 5. The SMILES string of the molecule is O=C1C[C@@H](N2CCN(C(c3ccccc3)c3ccccc3)CC2)C(=O)N1c1ccccc1. The first kappa shape index (κ1) is 20.6. The Morgan fingerprint density at radius 1 is 0.656 bits per heavy atom. The molecule has 2 saturated heterocycles. The summed E-state index contributed by atoms with van der Waals surface area (Å²) in [6.07, 6.45) is 0.258. The normalized spacial score (nSPS) is 20.3. The maximum absolute atomic E-state index is 13.1. The van der Waals surface area contributed by atoms with E-state index in [9.17, 15) is 9.59 Å². The highest BCUT2D eigenvalue weighted by atomic mass is 16.2. The van der Waals surface area contributed by atoms with Crippen LogP contribution in [-0.4, -0.2) is 53.8 Å². The van der Waals surface area contributed by atoms with Crippen LogP contribution in [0.4, 0.5) is 5.69 Å². The molecule has 0 aromatic heterocycles. The van der Waals surface area contributed by atoms with Crippen LogP contribution in [0, 0.1) is 0 Å². The third kappa shape index (κ3) is 3.97. The van der Waals surface area contributed by atoms with E-state index >= 15 is 0 Å². The Kier molecular flexibility index (Phi) is 5.84. The fraction of sp³-hybridized carbons (Fsp3) is 0.259. The predicted molar refractivity (Wildman–Crippen MR) is 125 cm³/mol. The number of para-hydroxylation sites is 1. The van der Waals surface area contributed by atoms with Crippen LogP contribution in [0.25, 0.3) is 0 Å². The van der Waals surface area contributed by atoms with Crippen LogP contribution in [0.5, 0.6) is 0 Å². The molecule has 0 spiro atoms. The third-order valence-electron chi connectivity index (χ3n) is 6.52. The molecule has 0 unspecified atom stereocenters. The van der Waals surface area contributed by atoms with Gasteiger partial charge in [-0.3, -0.25) is 19.4 Å². The molecule has 0 bridgehead atoms. The smallest absolute Gasteiger partial charge is 0.251 e. The average molecular weight is 426 g/mol. The van der Waals surface area contributed by atoms with Gasteiger partial charge in [0.25, 0.3) is 5.91 Å². The van der Waals surface area contributed by atoms with E-state index in [1.165, 1.54) is 16.0 Å². The summed E-state index contributed by atoms with van der Waals surface area (Å²) in [6, 6.07) is 30.2. The Hall–Kier alpha value is -3.28. The van der Waals surface area contributed by atoms with Gasteiger partial charge in [0, 0.05) is 26.2 Å². The molecule has 5 rings (SSSR count). The molecule has 2 amide bonds. The van der Waals surface area contributed by atoms with Crippen LogP contribution in [-0.2, 0) is 9.59 Å². The Bertz CT molecular complexity index is 1020. The van der Waals surface area contributed by atoms with E-state index < -0.39 is 0 Å². The summed E-state index contributed by atoms with van der Waals surface area (Å²) in [5.41, 5.74) is 3.21. The number of benzene rings is 3. The molecule has 2 heterocycles. The van der Waals surface area contributed by atoms with Crippen molar-refractivity contribution in [2.45, 2.75) is 18.5 Å². The predicted octanol–water partition coefficient (Wildman–Crippen LogP) is 3.73. The standard InChI is InChI=1S/C27H27N3O2/c31-25-20-24(27(32)30(25)23-14-8-3-9-15-23)28-16-18-29(19-17-28)26(21-10-4-1-5-11-21)22-12-6-2-7-13-22/h1-15,24,26H,16-20H2/t24-/m1/s1. The van der Waals surface area contributed by atoms with Gasteiger partial charge in [-0.15, -0.1) is 0 Å². The highest BCUT2D eigenvalue weighted by molar-refractivity contribution is 6.22. The Labute approximate surface area is 188 Å². The van der Waals surface area contributed by atoms with Gasteiger partial charge in [-0.2, -0.15) is 0 Å². The van der Waals surface area contributed by atoms with Crippen LogP contribution in [0.2, 0.25) is 0 Å². The second-order valence-corrected chi connectivity index (χ2v) is 8.42. The van der Waals surface area contributed by atoms with Crippen molar-refractivity contribution in [2.75, 3.05) is 31.1 Å². The fourth-order valence-corrected chi connectivity index (χ4v) is 4.94. The summed E-state index contributed by atoms with van der Waals surface area (Å²) >= 11 is 0. The van der Waals surface area contributed by atoms with Crippen molar-refractivity contribution in [1.29, 1.82) is 0 Å². The molecule has 5 heteroatoms. The second-order valence-electron chi connectivity index (χ2n) is 8.42. The number of carbonyl (C=O) groups excluding carboxylic acids is 2. The van der Waals surface area contributed by atoms with Crippen molar-refractivity contribution < 1.29 is 9.59 Å². The van der Waals surface area contributed by atoms with E-state index in [2.05, 4.69) is 58.3 Å². The molecule has 3 aromatic rings. The summed E-state index contributed by atoms with van der Waals surface area (Å²) in [6.45, 7) is 3.22. The van der Waals surface area contributed by atoms with Crippen molar-refractivity contribution in [3.05, 3.63) is 102 Å². The van der Waals surface area contributed by atoms with Gasteiger partial charge in [-0.25, -0.2) is 4.90 Å². The number of amides is 2. The zero-order valence-electron chi connectivity index (χ0n) is 18.0. The molecule has 0 N–H and O–H groups in total. The highest BCUT2D eigenvalue weighted by Gasteiger charge is 2.43. The highest BCUT2D eigenvalue weighted by Crippen LogP contribution is 2.31. The van der Waals surface area contributed by atoms with E-state index in [0.717, 1.165) is 26.2 Å². The molecular weight excluding hydrogens is 398 g/mol. The zero-order chi connectivity index (χ0) is 21.9. The minimum absolute atomic E-state index is 0.0997. The first-order valence-electron chi connectivity index (χ1n) is 11.2. The van der Waals surface area contributed by atoms with Crippen molar-refractivity contribution in [1.82, 2.24) is 9.80 Å². The van der Waals surface area contributed by atoms with Gasteiger partial charge in [-0.05, 0) is 23.3 Å². The maximum Gasteiger partial charge on any atom is 0.251 e. The number of imide groups is 1. The molecule has 2 aliphatic rings. The number of hydrogen-bond acceptors (Lipinski definition) is 4. The van der Waals surface area contributed by atoms with E-state index in [0.29, 0.717) is 5.69 Å². The van der Waals surface area contributed by atoms with Crippen molar-refractivity contribution >= 4 is 17.5 Å². The lowest BCUT2D eigenvalue weighted by Gasteiger charge is -2.41. The van der Waals surface area contributed by atoms with Gasteiger partial charge in [0.1, 0.15) is 0 Å². The summed E-state index contributed by atoms with van der Waals surface area (Å²) in [7, 11) is 0. The van der Waals surface area contributed by atoms with Crippen molar-refractivity contribution in [3.8, 4) is 0 Å². The first-order chi connectivity index (χ1) is 15.7. The van der Waals surface area contributed by atoms with Gasteiger partial charge >= 0.3 is 0 Å². The topological polar surface area (TPSA) is 43.9 Å². The maximum atomic E-state index is 13.1. The van der Waals surface area contributed by atoms with Crippen LogP contribution in [0.1, 0.15) is 23.6 Å². The molecule has 2 aliphatic heterocycles. The molecule has 1 atom stereocenters. The molecule has 3 aromatic carbocycles. The molecule has 2 fully saturated rings. The molecule has 0 aliphatic carbocycles. The molecule has 5 nitrogen and oxygen atoms in total. The lowest BCUT2D eigenvalue weighted by Crippen LogP contribution is -2.53. The van der Waals surface area contributed by atoms with Gasteiger partial charge in [0.15, 0.2) is 0 Å². The summed E-state index contributed by atoms with van der Waals surface area (Å²) in [5, 5.41) is 0. The minimum atomic E-state index is -0.364. The van der Waals surface area contributed by atoms with Crippen LogP contribution in [0.3, 0.4) is 0 Å². The summed E-state index contributed by atoms with van der Waals surface area (Å²) in [4.78, 5) is 31.8. The van der Waals surface area contributed by atoms with Gasteiger partial charge < -0.3 is 0 Å². The molecule has 162 valence electrons. The quantitative estimate of drug-likeness (QED) is 0.585. The van der Waals surface area contributed by atoms with Crippen LogP contribution in [0.15, 0.2) is 91.0 Å². The molecule has 32 heavy (non-hydrogen) atoms. The number of hydrogen-bond donors (Lipinski definition) is 0. The first-order valence-corrected chi connectivity index (χ1v) is 11.2. The minimum Gasteiger partial charge on any atom is -0.290 e. The third-order valence-corrected chi connectivity index (χ3v) is 6.52. The Balaban J connectivity index is 1.31. The number of carbonyl (C=O) groups is 2. The largest absolute Gasteiger partial charge is 0.290 e. The summed E-state index contributed by atoms with van der Waals surface area (Å²) in [5.74, 6) is -0.211. The second kappa shape index (κ2) is 9.07.